The Morgan fingerprint density at radius 2 is 2.00 bits per heavy atom. The van der Waals surface area contributed by atoms with Gasteiger partial charge in [0.1, 0.15) is 0 Å². The van der Waals surface area contributed by atoms with Crippen LogP contribution in [0.1, 0.15) is 15.9 Å². The van der Waals surface area contributed by atoms with Gasteiger partial charge >= 0.3 is 5.97 Å². The third-order valence-electron chi connectivity index (χ3n) is 1.63. The summed E-state index contributed by atoms with van der Waals surface area (Å²) in [6.45, 7) is 0. The van der Waals surface area contributed by atoms with Crippen LogP contribution in [-0.4, -0.2) is 16.0 Å². The fourth-order valence-corrected chi connectivity index (χ4v) is 1.38. The second-order valence-corrected chi connectivity index (χ2v) is 3.90. The number of carbonyl (C=O) groups is 1. The molecule has 0 saturated heterocycles. The van der Waals surface area contributed by atoms with Gasteiger partial charge in [0.25, 0.3) is 0 Å². The highest BCUT2D eigenvalue weighted by molar-refractivity contribution is 9.09. The summed E-state index contributed by atoms with van der Waals surface area (Å²) in [6, 6.07) is 6.69. The topological polar surface area (TPSA) is 63.3 Å². The van der Waals surface area contributed by atoms with Crippen LogP contribution in [0.15, 0.2) is 24.3 Å². The number of rotatable bonds is 3. The maximum absolute atomic E-state index is 10.5. The molecule has 0 aliphatic carbocycles. The van der Waals surface area contributed by atoms with Crippen molar-refractivity contribution < 1.29 is 9.90 Å². The van der Waals surface area contributed by atoms with Crippen LogP contribution >= 0.6 is 15.9 Å². The minimum Gasteiger partial charge on any atom is -0.478 e. The summed E-state index contributed by atoms with van der Waals surface area (Å²) in [5.74, 6) is -0.908. The minimum absolute atomic E-state index is 0.0804. The quantitative estimate of drug-likeness (QED) is 0.627. The molecule has 0 aliphatic heterocycles. The predicted molar refractivity (Wildman–Crippen MR) is 54.0 cm³/mol. The maximum atomic E-state index is 10.5. The molecule has 0 fully saturated rings. The Kier molecular flexibility index (Phi) is 3.45. The van der Waals surface area contributed by atoms with Gasteiger partial charge in [-0.05, 0) is 24.1 Å². The number of alkyl halides is 1. The third kappa shape index (κ3) is 3.16. The molecule has 3 nitrogen and oxygen atoms in total. The Labute approximate surface area is 84.7 Å². The van der Waals surface area contributed by atoms with Crippen LogP contribution in [0, 0.1) is 0 Å². The van der Waals surface area contributed by atoms with Crippen LogP contribution in [-0.2, 0) is 6.42 Å². The van der Waals surface area contributed by atoms with Crippen molar-refractivity contribution in [2.45, 2.75) is 11.4 Å². The normalized spacial score (nSPS) is 12.5. The van der Waals surface area contributed by atoms with E-state index in [4.69, 9.17) is 10.8 Å². The zero-order valence-electron chi connectivity index (χ0n) is 6.90. The van der Waals surface area contributed by atoms with Crippen LogP contribution in [0.5, 0.6) is 0 Å². The fraction of sp³-hybridized carbons (Fsp3) is 0.222. The zero-order valence-corrected chi connectivity index (χ0v) is 8.49. The molecule has 0 spiro atoms. The first-order valence-electron chi connectivity index (χ1n) is 3.81. The van der Waals surface area contributed by atoms with Crippen molar-refractivity contribution in [1.29, 1.82) is 0 Å². The van der Waals surface area contributed by atoms with Crippen LogP contribution in [0.25, 0.3) is 0 Å². The molecule has 13 heavy (non-hydrogen) atoms. The van der Waals surface area contributed by atoms with Gasteiger partial charge in [0, 0.05) is 0 Å². The number of carboxylic acids is 1. The lowest BCUT2D eigenvalue weighted by atomic mass is 10.1. The van der Waals surface area contributed by atoms with E-state index in [2.05, 4.69) is 15.9 Å². The standard InChI is InChI=1S/C9H10BrNO2/c10-8(11)5-6-1-3-7(4-2-6)9(12)13/h1-4,8H,5,11H2,(H,12,13). The molecule has 0 bridgehead atoms. The van der Waals surface area contributed by atoms with E-state index in [1.54, 1.807) is 24.3 Å². The first kappa shape index (κ1) is 10.2. The van der Waals surface area contributed by atoms with Gasteiger partial charge in [-0.2, -0.15) is 0 Å². The van der Waals surface area contributed by atoms with Gasteiger partial charge in [-0.25, -0.2) is 4.79 Å². The molecule has 0 amide bonds. The summed E-state index contributed by atoms with van der Waals surface area (Å²) in [6.07, 6.45) is 0.694. The van der Waals surface area contributed by atoms with Gasteiger partial charge in [0.2, 0.25) is 0 Å². The molecule has 1 unspecified atom stereocenters. The SMILES string of the molecule is NC(Br)Cc1ccc(C(=O)O)cc1. The van der Waals surface area contributed by atoms with Gasteiger partial charge < -0.3 is 10.8 Å². The molecule has 0 heterocycles. The van der Waals surface area contributed by atoms with E-state index >= 15 is 0 Å². The van der Waals surface area contributed by atoms with Gasteiger partial charge in [0.05, 0.1) is 10.5 Å². The molecule has 70 valence electrons. The fourth-order valence-electron chi connectivity index (χ4n) is 1.01. The molecule has 0 saturated carbocycles. The van der Waals surface area contributed by atoms with Crippen molar-refractivity contribution in [3.63, 3.8) is 0 Å². The number of benzene rings is 1. The van der Waals surface area contributed by atoms with Gasteiger partial charge in [-0.15, -0.1) is 0 Å². The number of halogens is 1. The van der Waals surface area contributed by atoms with E-state index in [0.717, 1.165) is 5.56 Å². The molecular formula is C9H10BrNO2. The van der Waals surface area contributed by atoms with E-state index < -0.39 is 5.97 Å². The Bertz CT molecular complexity index is 295. The van der Waals surface area contributed by atoms with Crippen molar-refractivity contribution in [1.82, 2.24) is 0 Å². The van der Waals surface area contributed by atoms with Gasteiger partial charge in [-0.3, -0.25) is 0 Å². The molecular weight excluding hydrogens is 234 g/mol. The molecule has 0 aromatic heterocycles. The predicted octanol–water partition coefficient (Wildman–Crippen LogP) is 1.61. The minimum atomic E-state index is -0.908. The van der Waals surface area contributed by atoms with Crippen molar-refractivity contribution in [3.05, 3.63) is 35.4 Å². The van der Waals surface area contributed by atoms with Gasteiger partial charge in [-0.1, -0.05) is 28.1 Å². The summed E-state index contributed by atoms with van der Waals surface area (Å²) < 4.78 is 0. The Morgan fingerprint density at radius 1 is 1.46 bits per heavy atom. The van der Waals surface area contributed by atoms with E-state index in [1.807, 2.05) is 0 Å². The van der Waals surface area contributed by atoms with E-state index in [9.17, 15) is 4.79 Å². The lowest BCUT2D eigenvalue weighted by Gasteiger charge is -2.03. The number of aromatic carboxylic acids is 1. The highest BCUT2D eigenvalue weighted by Crippen LogP contribution is 2.08. The first-order valence-corrected chi connectivity index (χ1v) is 4.73. The average Bonchev–Trinajstić information content (AvgIpc) is 2.04. The summed E-state index contributed by atoms with van der Waals surface area (Å²) in [5.41, 5.74) is 6.84. The Morgan fingerprint density at radius 3 is 2.38 bits per heavy atom. The molecule has 1 rings (SSSR count). The lowest BCUT2D eigenvalue weighted by molar-refractivity contribution is 0.0697. The molecule has 3 N–H and O–H groups in total. The average molecular weight is 244 g/mol. The highest BCUT2D eigenvalue weighted by Gasteiger charge is 2.03. The summed E-state index contributed by atoms with van der Waals surface area (Å²) >= 11 is 3.22. The van der Waals surface area contributed by atoms with E-state index in [1.165, 1.54) is 0 Å². The molecule has 1 aromatic carbocycles. The third-order valence-corrected chi connectivity index (χ3v) is 1.96. The smallest absolute Gasteiger partial charge is 0.335 e. The molecule has 4 heteroatoms. The lowest BCUT2D eigenvalue weighted by Crippen LogP contribution is -2.13. The van der Waals surface area contributed by atoms with Crippen molar-refractivity contribution in [2.75, 3.05) is 0 Å². The number of nitrogens with two attached hydrogens (primary N) is 1. The summed E-state index contributed by atoms with van der Waals surface area (Å²) in [4.78, 5) is 10.4. The van der Waals surface area contributed by atoms with Crippen LogP contribution in [0.4, 0.5) is 0 Å². The van der Waals surface area contributed by atoms with Crippen LogP contribution in [0.3, 0.4) is 0 Å². The molecule has 0 radical (unpaired) electrons. The van der Waals surface area contributed by atoms with Crippen LogP contribution < -0.4 is 5.73 Å². The second kappa shape index (κ2) is 4.39. The monoisotopic (exact) mass is 243 g/mol. The van der Waals surface area contributed by atoms with Crippen molar-refractivity contribution in [3.8, 4) is 0 Å². The second-order valence-electron chi connectivity index (χ2n) is 2.72. The molecule has 1 aromatic rings. The van der Waals surface area contributed by atoms with Crippen molar-refractivity contribution in [2.24, 2.45) is 5.73 Å². The van der Waals surface area contributed by atoms with Gasteiger partial charge in [0.15, 0.2) is 0 Å². The first-order chi connectivity index (χ1) is 6.09. The number of hydrogen-bond acceptors (Lipinski definition) is 2. The number of hydrogen-bond donors (Lipinski definition) is 2. The molecule has 0 aliphatic rings. The molecule has 1 atom stereocenters. The largest absolute Gasteiger partial charge is 0.478 e. The van der Waals surface area contributed by atoms with E-state index in [0.29, 0.717) is 12.0 Å². The van der Waals surface area contributed by atoms with Crippen LogP contribution in [0.2, 0.25) is 0 Å². The zero-order chi connectivity index (χ0) is 9.84. The number of carboxylic acid groups (broad SMARTS) is 1. The van der Waals surface area contributed by atoms with E-state index in [-0.39, 0.29) is 4.95 Å². The summed E-state index contributed by atoms with van der Waals surface area (Å²) in [5, 5.41) is 8.62. The van der Waals surface area contributed by atoms with Crippen molar-refractivity contribution >= 4 is 21.9 Å². The summed E-state index contributed by atoms with van der Waals surface area (Å²) in [7, 11) is 0. The highest BCUT2D eigenvalue weighted by atomic mass is 79.9. The maximum Gasteiger partial charge on any atom is 0.335 e. The Hall–Kier alpha value is -0.870. The Balaban J connectivity index is 2.75.